The highest BCUT2D eigenvalue weighted by Crippen LogP contribution is 2.19. The van der Waals surface area contributed by atoms with E-state index in [2.05, 4.69) is 9.97 Å². The first-order valence-electron chi connectivity index (χ1n) is 9.85. The maximum atomic E-state index is 12.8. The Labute approximate surface area is 185 Å². The lowest BCUT2D eigenvalue weighted by Gasteiger charge is -2.14. The van der Waals surface area contributed by atoms with Gasteiger partial charge in [-0.2, -0.15) is 0 Å². The molecule has 5 aromatic rings. The van der Waals surface area contributed by atoms with E-state index in [0.717, 1.165) is 0 Å². The second kappa shape index (κ2) is 7.94. The number of H-pyrrole nitrogens is 1. The minimum atomic E-state index is -0.530. The molecular formula is C24H16ClN3O4. The Kier molecular flexibility index (Phi) is 4.95. The summed E-state index contributed by atoms with van der Waals surface area (Å²) >= 11 is 5.99. The lowest BCUT2D eigenvalue weighted by atomic mass is 10.1. The standard InChI is InChI=1S/C24H16ClN3O4/c25-14-9-10-15-18(11-14)26-21(27-24(15)31)13-32-22(29)12-28-19-7-3-1-5-16(19)23(30)17-6-2-4-8-20(17)28/h1-11H,12-13H2,(H,26,27,31). The molecule has 2 aromatic heterocycles. The summed E-state index contributed by atoms with van der Waals surface area (Å²) in [5.41, 5.74) is 1.28. The number of rotatable bonds is 4. The molecule has 0 saturated carbocycles. The van der Waals surface area contributed by atoms with Crippen molar-refractivity contribution in [2.75, 3.05) is 0 Å². The average Bonchev–Trinajstić information content (AvgIpc) is 2.80. The van der Waals surface area contributed by atoms with E-state index in [1.54, 1.807) is 59.2 Å². The van der Waals surface area contributed by atoms with Gasteiger partial charge in [-0.05, 0) is 42.5 Å². The van der Waals surface area contributed by atoms with Crippen molar-refractivity contribution in [3.8, 4) is 0 Å². The molecule has 32 heavy (non-hydrogen) atoms. The number of esters is 1. The number of para-hydroxylation sites is 2. The van der Waals surface area contributed by atoms with Crippen LogP contribution in [0, 0.1) is 0 Å². The number of hydrogen-bond donors (Lipinski definition) is 1. The lowest BCUT2D eigenvalue weighted by Crippen LogP contribution is -2.19. The topological polar surface area (TPSA) is 94.0 Å². The molecule has 0 fully saturated rings. The number of nitrogens with one attached hydrogen (secondary N) is 1. The average molecular weight is 446 g/mol. The molecule has 0 aliphatic carbocycles. The third-order valence-electron chi connectivity index (χ3n) is 5.25. The number of nitrogens with zero attached hydrogens (tertiary/aromatic N) is 2. The monoisotopic (exact) mass is 445 g/mol. The van der Waals surface area contributed by atoms with Crippen molar-refractivity contribution in [1.82, 2.24) is 14.5 Å². The fraction of sp³-hybridized carbons (Fsp3) is 0.0833. The van der Waals surface area contributed by atoms with E-state index in [1.807, 2.05) is 12.1 Å². The summed E-state index contributed by atoms with van der Waals surface area (Å²) in [6.45, 7) is -0.308. The Morgan fingerprint density at radius 2 is 1.59 bits per heavy atom. The van der Waals surface area contributed by atoms with E-state index in [9.17, 15) is 14.4 Å². The molecule has 2 heterocycles. The number of halogens is 1. The first-order chi connectivity index (χ1) is 15.5. The number of pyridine rings is 1. The molecule has 5 rings (SSSR count). The van der Waals surface area contributed by atoms with Crippen LogP contribution in [0.15, 0.2) is 76.3 Å². The first-order valence-corrected chi connectivity index (χ1v) is 10.2. The Balaban J connectivity index is 1.46. The Morgan fingerprint density at radius 3 is 2.28 bits per heavy atom. The molecule has 3 aromatic carbocycles. The van der Waals surface area contributed by atoms with Crippen LogP contribution in [-0.4, -0.2) is 20.5 Å². The molecule has 8 heteroatoms. The molecule has 1 N–H and O–H groups in total. The van der Waals surface area contributed by atoms with E-state index in [-0.39, 0.29) is 30.0 Å². The number of carbonyl (C=O) groups is 1. The number of aromatic nitrogens is 3. The fourth-order valence-corrected chi connectivity index (χ4v) is 3.97. The van der Waals surface area contributed by atoms with E-state index in [0.29, 0.717) is 37.7 Å². The fourth-order valence-electron chi connectivity index (χ4n) is 3.80. The molecule has 0 aliphatic heterocycles. The molecule has 7 nitrogen and oxygen atoms in total. The number of carbonyl (C=O) groups excluding carboxylic acids is 1. The summed E-state index contributed by atoms with van der Waals surface area (Å²) in [6.07, 6.45) is 0. The van der Waals surface area contributed by atoms with Gasteiger partial charge in [-0.15, -0.1) is 0 Å². The van der Waals surface area contributed by atoms with Crippen LogP contribution in [-0.2, 0) is 22.7 Å². The number of benzene rings is 3. The molecule has 0 aliphatic rings. The Hall–Kier alpha value is -3.97. The van der Waals surface area contributed by atoms with Crippen molar-refractivity contribution in [3.05, 3.63) is 98.2 Å². The van der Waals surface area contributed by atoms with Gasteiger partial charge >= 0.3 is 5.97 Å². The zero-order valence-electron chi connectivity index (χ0n) is 16.7. The van der Waals surface area contributed by atoms with Crippen LogP contribution in [0.1, 0.15) is 5.82 Å². The Morgan fingerprint density at radius 1 is 0.938 bits per heavy atom. The van der Waals surface area contributed by atoms with E-state index >= 15 is 0 Å². The van der Waals surface area contributed by atoms with Crippen molar-refractivity contribution in [2.45, 2.75) is 13.2 Å². The van der Waals surface area contributed by atoms with Gasteiger partial charge in [0.2, 0.25) is 0 Å². The van der Waals surface area contributed by atoms with Gasteiger partial charge < -0.3 is 14.3 Å². The zero-order chi connectivity index (χ0) is 22.2. The predicted molar refractivity (Wildman–Crippen MR) is 123 cm³/mol. The summed E-state index contributed by atoms with van der Waals surface area (Å²) < 4.78 is 7.15. The van der Waals surface area contributed by atoms with Gasteiger partial charge in [-0.25, -0.2) is 4.98 Å². The zero-order valence-corrected chi connectivity index (χ0v) is 17.4. The van der Waals surface area contributed by atoms with Crippen molar-refractivity contribution in [1.29, 1.82) is 0 Å². The van der Waals surface area contributed by atoms with Gasteiger partial charge in [0, 0.05) is 15.8 Å². The molecular weight excluding hydrogens is 430 g/mol. The van der Waals surface area contributed by atoms with Gasteiger partial charge in [0.25, 0.3) is 5.56 Å². The molecule has 158 valence electrons. The summed E-state index contributed by atoms with van der Waals surface area (Å²) in [5.74, 6) is -0.314. The molecule has 0 atom stereocenters. The van der Waals surface area contributed by atoms with Crippen LogP contribution in [0.4, 0.5) is 0 Å². The van der Waals surface area contributed by atoms with Crippen molar-refractivity contribution >= 4 is 50.3 Å². The summed E-state index contributed by atoms with van der Waals surface area (Å²) in [7, 11) is 0. The highest BCUT2D eigenvalue weighted by molar-refractivity contribution is 6.31. The number of fused-ring (bicyclic) bond motifs is 3. The second-order valence-electron chi connectivity index (χ2n) is 7.28. The largest absolute Gasteiger partial charge is 0.456 e. The summed E-state index contributed by atoms with van der Waals surface area (Å²) in [6, 6.07) is 19.0. The van der Waals surface area contributed by atoms with Crippen LogP contribution in [0.25, 0.3) is 32.7 Å². The number of hydrogen-bond acceptors (Lipinski definition) is 5. The summed E-state index contributed by atoms with van der Waals surface area (Å²) in [4.78, 5) is 44.7. The highest BCUT2D eigenvalue weighted by atomic mass is 35.5. The van der Waals surface area contributed by atoms with Crippen LogP contribution in [0.5, 0.6) is 0 Å². The maximum Gasteiger partial charge on any atom is 0.326 e. The van der Waals surface area contributed by atoms with Gasteiger partial charge in [0.15, 0.2) is 5.43 Å². The summed E-state index contributed by atoms with van der Waals surface area (Å²) in [5, 5.41) is 1.90. The van der Waals surface area contributed by atoms with Crippen molar-refractivity contribution < 1.29 is 9.53 Å². The van der Waals surface area contributed by atoms with Gasteiger partial charge in [0.1, 0.15) is 19.0 Å². The molecule has 0 spiro atoms. The van der Waals surface area contributed by atoms with Crippen LogP contribution in [0.2, 0.25) is 5.02 Å². The smallest absolute Gasteiger partial charge is 0.326 e. The van der Waals surface area contributed by atoms with Crippen molar-refractivity contribution in [2.24, 2.45) is 0 Å². The number of aromatic amines is 1. The highest BCUT2D eigenvalue weighted by Gasteiger charge is 2.14. The molecule has 0 unspecified atom stereocenters. The second-order valence-corrected chi connectivity index (χ2v) is 7.72. The van der Waals surface area contributed by atoms with Gasteiger partial charge in [0.05, 0.1) is 21.9 Å². The van der Waals surface area contributed by atoms with Gasteiger partial charge in [-0.3, -0.25) is 14.4 Å². The maximum absolute atomic E-state index is 12.8. The minimum Gasteiger partial charge on any atom is -0.456 e. The Bertz CT molecular complexity index is 1580. The molecule has 0 radical (unpaired) electrons. The van der Waals surface area contributed by atoms with Crippen LogP contribution >= 0.6 is 11.6 Å². The van der Waals surface area contributed by atoms with Crippen LogP contribution in [0.3, 0.4) is 0 Å². The first kappa shape index (κ1) is 20.0. The number of ether oxygens (including phenoxy) is 1. The van der Waals surface area contributed by atoms with Crippen molar-refractivity contribution in [3.63, 3.8) is 0 Å². The molecule has 0 saturated heterocycles. The quantitative estimate of drug-likeness (QED) is 0.335. The normalized spacial score (nSPS) is 11.3. The van der Waals surface area contributed by atoms with E-state index < -0.39 is 5.97 Å². The molecule has 0 bridgehead atoms. The van der Waals surface area contributed by atoms with E-state index in [4.69, 9.17) is 16.3 Å². The van der Waals surface area contributed by atoms with E-state index in [1.165, 1.54) is 0 Å². The SMILES string of the molecule is O=C(Cn1c2ccccc2c(=O)c2ccccc21)OCc1nc2cc(Cl)ccc2c(=O)[nH]1. The third-order valence-corrected chi connectivity index (χ3v) is 5.49. The lowest BCUT2D eigenvalue weighted by molar-refractivity contribution is -0.145. The predicted octanol–water partition coefficient (Wildman–Crippen LogP) is 3.79. The van der Waals surface area contributed by atoms with Crippen LogP contribution < -0.4 is 11.0 Å². The third kappa shape index (κ3) is 3.52. The van der Waals surface area contributed by atoms with Gasteiger partial charge in [-0.1, -0.05) is 35.9 Å². The minimum absolute atomic E-state index is 0.0857. The molecule has 0 amide bonds.